The van der Waals surface area contributed by atoms with E-state index in [1.807, 2.05) is 0 Å². The fourth-order valence-corrected chi connectivity index (χ4v) is 1.56. The van der Waals surface area contributed by atoms with E-state index in [9.17, 15) is 25.2 Å². The standard InChI is InChI=1S/C11H8O6/c12-7-5-2-1-4(11(16)17)3-6(5)8(13)10(15)9(7)14/h1-3,12-15H,(H,16,17). The molecule has 0 bridgehead atoms. The number of aromatic carboxylic acids is 1. The molecule has 0 amide bonds. The second-order valence-corrected chi connectivity index (χ2v) is 3.46. The van der Waals surface area contributed by atoms with Crippen LogP contribution in [0.1, 0.15) is 10.4 Å². The maximum atomic E-state index is 10.7. The van der Waals surface area contributed by atoms with E-state index in [-0.39, 0.29) is 16.3 Å². The lowest BCUT2D eigenvalue weighted by molar-refractivity contribution is 0.0697. The molecule has 0 fully saturated rings. The van der Waals surface area contributed by atoms with Gasteiger partial charge in [-0.25, -0.2) is 4.79 Å². The lowest BCUT2D eigenvalue weighted by Crippen LogP contribution is -1.95. The quantitative estimate of drug-likeness (QED) is 0.377. The molecule has 0 aliphatic heterocycles. The molecule has 2 rings (SSSR count). The second kappa shape index (κ2) is 3.44. The molecule has 0 atom stereocenters. The molecule has 0 radical (unpaired) electrons. The van der Waals surface area contributed by atoms with E-state index in [4.69, 9.17) is 5.11 Å². The van der Waals surface area contributed by atoms with Crippen LogP contribution in [-0.2, 0) is 0 Å². The van der Waals surface area contributed by atoms with E-state index >= 15 is 0 Å². The average molecular weight is 236 g/mol. The van der Waals surface area contributed by atoms with Gasteiger partial charge in [0.25, 0.3) is 0 Å². The molecule has 0 aliphatic rings. The maximum absolute atomic E-state index is 10.7. The number of fused-ring (bicyclic) bond motifs is 1. The van der Waals surface area contributed by atoms with Crippen LogP contribution in [0.25, 0.3) is 10.8 Å². The molecular weight excluding hydrogens is 228 g/mol. The zero-order chi connectivity index (χ0) is 12.7. The predicted octanol–water partition coefficient (Wildman–Crippen LogP) is 1.36. The summed E-state index contributed by atoms with van der Waals surface area (Å²) in [5.74, 6) is -4.25. The molecule has 0 saturated heterocycles. The van der Waals surface area contributed by atoms with Crippen LogP contribution in [0.5, 0.6) is 23.0 Å². The van der Waals surface area contributed by atoms with Crippen molar-refractivity contribution in [3.8, 4) is 23.0 Å². The zero-order valence-corrected chi connectivity index (χ0v) is 8.38. The summed E-state index contributed by atoms with van der Waals surface area (Å²) in [7, 11) is 0. The Bertz CT molecular complexity index is 632. The van der Waals surface area contributed by atoms with Gasteiger partial charge in [0, 0.05) is 10.8 Å². The summed E-state index contributed by atoms with van der Waals surface area (Å²) in [5, 5.41) is 46.4. The number of phenolic OH excluding ortho intramolecular Hbond substituents is 4. The Kier molecular flexibility index (Phi) is 2.20. The zero-order valence-electron chi connectivity index (χ0n) is 8.38. The minimum Gasteiger partial charge on any atom is -0.504 e. The minimum atomic E-state index is -1.21. The number of benzene rings is 2. The molecule has 6 nitrogen and oxygen atoms in total. The van der Waals surface area contributed by atoms with Gasteiger partial charge in [-0.1, -0.05) is 0 Å². The molecule has 0 aromatic heterocycles. The molecule has 0 aliphatic carbocycles. The van der Waals surface area contributed by atoms with Gasteiger partial charge in [-0.2, -0.15) is 0 Å². The molecule has 0 saturated carbocycles. The van der Waals surface area contributed by atoms with Crippen LogP contribution in [0.3, 0.4) is 0 Å². The van der Waals surface area contributed by atoms with Crippen molar-refractivity contribution in [1.29, 1.82) is 0 Å². The van der Waals surface area contributed by atoms with Crippen LogP contribution in [0.15, 0.2) is 18.2 Å². The third kappa shape index (κ3) is 1.46. The second-order valence-electron chi connectivity index (χ2n) is 3.46. The molecular formula is C11H8O6. The maximum Gasteiger partial charge on any atom is 0.335 e. The highest BCUT2D eigenvalue weighted by atomic mass is 16.4. The van der Waals surface area contributed by atoms with Crippen molar-refractivity contribution in [2.75, 3.05) is 0 Å². The molecule has 2 aromatic carbocycles. The summed E-state index contributed by atoms with van der Waals surface area (Å²) in [5.41, 5.74) is -0.114. The number of carboxylic acid groups (broad SMARTS) is 1. The average Bonchev–Trinajstić information content (AvgIpc) is 2.32. The SMILES string of the molecule is O=C(O)c1ccc2c(O)c(O)c(O)c(O)c2c1. The van der Waals surface area contributed by atoms with Crippen molar-refractivity contribution in [3.05, 3.63) is 23.8 Å². The Morgan fingerprint density at radius 1 is 0.824 bits per heavy atom. The van der Waals surface area contributed by atoms with Gasteiger partial charge in [-0.15, -0.1) is 0 Å². The van der Waals surface area contributed by atoms with Gasteiger partial charge in [0.15, 0.2) is 11.5 Å². The van der Waals surface area contributed by atoms with E-state index in [1.54, 1.807) is 0 Å². The van der Waals surface area contributed by atoms with Crippen LogP contribution in [-0.4, -0.2) is 31.5 Å². The highest BCUT2D eigenvalue weighted by molar-refractivity contribution is 6.02. The van der Waals surface area contributed by atoms with Gasteiger partial charge < -0.3 is 25.5 Å². The Morgan fingerprint density at radius 2 is 1.35 bits per heavy atom. The first-order valence-electron chi connectivity index (χ1n) is 4.56. The van der Waals surface area contributed by atoms with Gasteiger partial charge >= 0.3 is 5.97 Å². The predicted molar refractivity (Wildman–Crippen MR) is 57.6 cm³/mol. The van der Waals surface area contributed by atoms with Crippen LogP contribution in [0, 0.1) is 0 Å². The third-order valence-electron chi connectivity index (χ3n) is 2.45. The summed E-state index contributed by atoms with van der Waals surface area (Å²) in [4.78, 5) is 10.7. The third-order valence-corrected chi connectivity index (χ3v) is 2.45. The Labute approximate surface area is 94.6 Å². The topological polar surface area (TPSA) is 118 Å². The first-order valence-corrected chi connectivity index (χ1v) is 4.56. The van der Waals surface area contributed by atoms with E-state index in [2.05, 4.69) is 0 Å². The van der Waals surface area contributed by atoms with Crippen molar-refractivity contribution >= 4 is 16.7 Å². The monoisotopic (exact) mass is 236 g/mol. The molecule has 17 heavy (non-hydrogen) atoms. The fraction of sp³-hybridized carbons (Fsp3) is 0. The summed E-state index contributed by atoms with van der Waals surface area (Å²) in [6, 6.07) is 3.53. The van der Waals surface area contributed by atoms with Crippen molar-refractivity contribution < 1.29 is 30.3 Å². The number of rotatable bonds is 1. The van der Waals surface area contributed by atoms with Gasteiger partial charge in [0.05, 0.1) is 5.56 Å². The number of carboxylic acids is 1. The number of hydrogen-bond donors (Lipinski definition) is 5. The van der Waals surface area contributed by atoms with E-state index in [0.717, 1.165) is 6.07 Å². The lowest BCUT2D eigenvalue weighted by Gasteiger charge is -2.09. The van der Waals surface area contributed by atoms with Crippen molar-refractivity contribution in [1.82, 2.24) is 0 Å². The molecule has 0 heterocycles. The summed E-state index contributed by atoms with van der Waals surface area (Å²) in [6.45, 7) is 0. The molecule has 2 aromatic rings. The van der Waals surface area contributed by atoms with Crippen LogP contribution >= 0.6 is 0 Å². The highest BCUT2D eigenvalue weighted by Crippen LogP contribution is 2.48. The first kappa shape index (κ1) is 10.9. The molecule has 0 spiro atoms. The highest BCUT2D eigenvalue weighted by Gasteiger charge is 2.18. The summed E-state index contributed by atoms with van der Waals surface area (Å²) < 4.78 is 0. The summed E-state index contributed by atoms with van der Waals surface area (Å²) >= 11 is 0. The first-order chi connectivity index (χ1) is 7.93. The van der Waals surface area contributed by atoms with Crippen LogP contribution in [0.4, 0.5) is 0 Å². The molecule has 88 valence electrons. The van der Waals surface area contributed by atoms with E-state index < -0.39 is 29.0 Å². The number of carbonyl (C=O) groups is 1. The Hall–Kier alpha value is -2.63. The molecule has 0 unspecified atom stereocenters. The van der Waals surface area contributed by atoms with Gasteiger partial charge in [-0.05, 0) is 18.2 Å². The molecule has 6 heteroatoms. The van der Waals surface area contributed by atoms with Crippen LogP contribution in [0.2, 0.25) is 0 Å². The van der Waals surface area contributed by atoms with Crippen molar-refractivity contribution in [3.63, 3.8) is 0 Å². The van der Waals surface area contributed by atoms with Crippen molar-refractivity contribution in [2.24, 2.45) is 0 Å². The fourth-order valence-electron chi connectivity index (χ4n) is 1.56. The largest absolute Gasteiger partial charge is 0.504 e. The van der Waals surface area contributed by atoms with E-state index in [1.165, 1.54) is 12.1 Å². The Balaban J connectivity index is 2.91. The van der Waals surface area contributed by atoms with Crippen molar-refractivity contribution in [2.45, 2.75) is 0 Å². The number of hydrogen-bond acceptors (Lipinski definition) is 5. The summed E-state index contributed by atoms with van der Waals surface area (Å²) in [6.07, 6.45) is 0. The van der Waals surface area contributed by atoms with Gasteiger partial charge in [0.1, 0.15) is 0 Å². The number of phenols is 4. The smallest absolute Gasteiger partial charge is 0.335 e. The van der Waals surface area contributed by atoms with Crippen LogP contribution < -0.4 is 0 Å². The normalized spacial score (nSPS) is 10.6. The Morgan fingerprint density at radius 3 is 1.88 bits per heavy atom. The van der Waals surface area contributed by atoms with Gasteiger partial charge in [-0.3, -0.25) is 0 Å². The van der Waals surface area contributed by atoms with Gasteiger partial charge in [0.2, 0.25) is 11.5 Å². The lowest BCUT2D eigenvalue weighted by atomic mass is 10.0. The minimum absolute atomic E-state index is 0.0443. The molecule has 5 N–H and O–H groups in total. The van der Waals surface area contributed by atoms with E-state index in [0.29, 0.717) is 0 Å². The number of aromatic hydroxyl groups is 4.